The van der Waals surface area contributed by atoms with Crippen LogP contribution in [0.3, 0.4) is 0 Å². The number of terminal acetylenes is 1. The molecule has 1 aromatic heterocycles. The number of piperidine rings is 1. The Labute approximate surface area is 162 Å². The second-order valence-corrected chi connectivity index (χ2v) is 7.62. The summed E-state index contributed by atoms with van der Waals surface area (Å²) in [5, 5.41) is 4.39. The fourth-order valence-electron chi connectivity index (χ4n) is 4.24. The van der Waals surface area contributed by atoms with E-state index >= 15 is 0 Å². The predicted octanol–water partition coefficient (Wildman–Crippen LogP) is 2.91. The highest BCUT2D eigenvalue weighted by atomic mass is 16.5. The largest absolute Gasteiger partial charge is 0.462 e. The maximum atomic E-state index is 11.8. The van der Waals surface area contributed by atoms with Gasteiger partial charge in [0.25, 0.3) is 0 Å². The van der Waals surface area contributed by atoms with Gasteiger partial charge < -0.3 is 14.4 Å². The van der Waals surface area contributed by atoms with Crippen molar-refractivity contribution < 1.29 is 14.3 Å². The van der Waals surface area contributed by atoms with Gasteiger partial charge in [0, 0.05) is 25.8 Å². The normalized spacial score (nSPS) is 24.4. The number of nitrogens with zero attached hydrogens (tertiary/aromatic N) is 3. The molecule has 1 aromatic rings. The highest BCUT2D eigenvalue weighted by Crippen LogP contribution is 2.33. The van der Waals surface area contributed by atoms with Gasteiger partial charge in [0.1, 0.15) is 6.61 Å². The lowest BCUT2D eigenvalue weighted by atomic mass is 9.85. The quantitative estimate of drug-likeness (QED) is 0.543. The van der Waals surface area contributed by atoms with Crippen molar-refractivity contribution >= 4 is 5.97 Å². The van der Waals surface area contributed by atoms with Crippen LogP contribution in [0, 0.1) is 18.3 Å². The summed E-state index contributed by atoms with van der Waals surface area (Å²) in [6, 6.07) is 0.396. The summed E-state index contributed by atoms with van der Waals surface area (Å²) in [5.41, 5.74) is 0.550. The molecule has 0 spiro atoms. The van der Waals surface area contributed by atoms with E-state index in [0.29, 0.717) is 30.9 Å². The number of esters is 1. The van der Waals surface area contributed by atoms with Crippen molar-refractivity contribution in [3.05, 3.63) is 18.0 Å². The molecule has 0 aromatic carbocycles. The van der Waals surface area contributed by atoms with Crippen molar-refractivity contribution in [1.29, 1.82) is 0 Å². The van der Waals surface area contributed by atoms with Gasteiger partial charge in [-0.25, -0.2) is 4.79 Å². The van der Waals surface area contributed by atoms with Crippen molar-refractivity contribution in [3.63, 3.8) is 0 Å². The van der Waals surface area contributed by atoms with Crippen LogP contribution >= 0.6 is 0 Å². The summed E-state index contributed by atoms with van der Waals surface area (Å²) in [6.45, 7) is 6.04. The summed E-state index contributed by atoms with van der Waals surface area (Å²) < 4.78 is 12.7. The summed E-state index contributed by atoms with van der Waals surface area (Å²) in [4.78, 5) is 14.4. The average Bonchev–Trinajstić information content (AvgIpc) is 3.19. The van der Waals surface area contributed by atoms with Crippen LogP contribution in [0.4, 0.5) is 0 Å². The van der Waals surface area contributed by atoms with Gasteiger partial charge in [-0.3, -0.25) is 4.68 Å². The van der Waals surface area contributed by atoms with E-state index in [0.717, 1.165) is 44.7 Å². The Balaban J connectivity index is 1.39. The Morgan fingerprint density at radius 3 is 2.67 bits per heavy atom. The highest BCUT2D eigenvalue weighted by Gasteiger charge is 2.27. The van der Waals surface area contributed by atoms with Gasteiger partial charge in [-0.2, -0.15) is 5.10 Å². The van der Waals surface area contributed by atoms with Crippen LogP contribution in [0.15, 0.2) is 12.4 Å². The molecule has 0 unspecified atom stereocenters. The van der Waals surface area contributed by atoms with Gasteiger partial charge in [0.2, 0.25) is 0 Å². The fraction of sp³-hybridized carbons (Fsp3) is 0.714. The molecule has 6 heteroatoms. The van der Waals surface area contributed by atoms with E-state index in [-0.39, 0.29) is 5.97 Å². The Morgan fingerprint density at radius 2 is 2.00 bits per heavy atom. The third-order valence-corrected chi connectivity index (χ3v) is 5.76. The maximum Gasteiger partial charge on any atom is 0.341 e. The van der Waals surface area contributed by atoms with Crippen LogP contribution < -0.4 is 0 Å². The van der Waals surface area contributed by atoms with Crippen molar-refractivity contribution in [2.75, 3.05) is 32.8 Å². The van der Waals surface area contributed by atoms with Gasteiger partial charge in [-0.15, -0.1) is 6.42 Å². The Kier molecular flexibility index (Phi) is 7.31. The molecule has 6 nitrogen and oxygen atoms in total. The molecule has 0 bridgehead atoms. The molecule has 3 rings (SSSR count). The molecule has 1 saturated heterocycles. The third-order valence-electron chi connectivity index (χ3n) is 5.76. The maximum absolute atomic E-state index is 11.8. The Morgan fingerprint density at radius 1 is 1.26 bits per heavy atom. The van der Waals surface area contributed by atoms with Crippen molar-refractivity contribution in [1.82, 2.24) is 14.7 Å². The van der Waals surface area contributed by atoms with Crippen molar-refractivity contribution in [2.45, 2.75) is 57.6 Å². The lowest BCUT2D eigenvalue weighted by Gasteiger charge is -2.36. The number of hydrogen-bond donors (Lipinski definition) is 0. The van der Waals surface area contributed by atoms with E-state index < -0.39 is 0 Å². The number of carbonyl (C=O) groups excluding carboxylic acids is 1. The molecule has 1 saturated carbocycles. The highest BCUT2D eigenvalue weighted by molar-refractivity contribution is 5.88. The molecule has 1 aliphatic carbocycles. The molecular weight excluding hydrogens is 342 g/mol. The van der Waals surface area contributed by atoms with Crippen LogP contribution in [0.2, 0.25) is 0 Å². The second-order valence-electron chi connectivity index (χ2n) is 7.62. The molecule has 0 atom stereocenters. The third kappa shape index (κ3) is 5.57. The Hall–Kier alpha value is -1.84. The van der Waals surface area contributed by atoms with Gasteiger partial charge >= 0.3 is 5.97 Å². The molecule has 0 radical (unpaired) electrons. The first-order valence-corrected chi connectivity index (χ1v) is 10.2. The smallest absolute Gasteiger partial charge is 0.341 e. The molecule has 2 heterocycles. The number of carbonyl (C=O) groups is 1. The number of likely N-dealkylation sites (tertiary alicyclic amines) is 1. The van der Waals surface area contributed by atoms with E-state index in [4.69, 9.17) is 15.9 Å². The summed E-state index contributed by atoms with van der Waals surface area (Å²) in [6.07, 6.45) is 15.9. The minimum Gasteiger partial charge on any atom is -0.462 e. The standard InChI is InChI=1S/C21H31N3O3/c1-3-13-27-20-9-11-23(12-10-20)15-17-5-7-19(8-6-17)24-16-18(14-22-24)21(25)26-4-2/h1,14,16-17,19-20H,4-13,15H2,2H3. The van der Waals surface area contributed by atoms with Gasteiger partial charge in [-0.05, 0) is 51.4 Å². The molecule has 2 fully saturated rings. The lowest BCUT2D eigenvalue weighted by molar-refractivity contribution is 0.0187. The van der Waals surface area contributed by atoms with Crippen molar-refractivity contribution in [3.8, 4) is 12.3 Å². The van der Waals surface area contributed by atoms with Gasteiger partial charge in [0.05, 0.1) is 30.5 Å². The number of hydrogen-bond acceptors (Lipinski definition) is 5. The van der Waals surface area contributed by atoms with Crippen LogP contribution in [0.1, 0.15) is 61.8 Å². The second kappa shape index (κ2) is 9.91. The molecule has 0 N–H and O–H groups in total. The zero-order chi connectivity index (χ0) is 19.1. The zero-order valence-electron chi connectivity index (χ0n) is 16.3. The molecule has 27 heavy (non-hydrogen) atoms. The van der Waals surface area contributed by atoms with Crippen LogP contribution in [0.5, 0.6) is 0 Å². The van der Waals surface area contributed by atoms with E-state index in [1.807, 2.05) is 17.8 Å². The van der Waals surface area contributed by atoms with Crippen LogP contribution in [0.25, 0.3) is 0 Å². The van der Waals surface area contributed by atoms with Gasteiger partial charge in [0.15, 0.2) is 0 Å². The fourth-order valence-corrected chi connectivity index (χ4v) is 4.24. The Bertz CT molecular complexity index is 635. The summed E-state index contributed by atoms with van der Waals surface area (Å²) in [5.74, 6) is 3.02. The van der Waals surface area contributed by atoms with E-state index in [1.54, 1.807) is 6.20 Å². The van der Waals surface area contributed by atoms with E-state index in [1.165, 1.54) is 19.4 Å². The monoisotopic (exact) mass is 373 g/mol. The predicted molar refractivity (Wildman–Crippen MR) is 103 cm³/mol. The average molecular weight is 373 g/mol. The molecule has 1 aliphatic heterocycles. The first-order chi connectivity index (χ1) is 13.2. The van der Waals surface area contributed by atoms with Crippen LogP contribution in [-0.4, -0.2) is 59.6 Å². The number of aromatic nitrogens is 2. The van der Waals surface area contributed by atoms with Gasteiger partial charge in [-0.1, -0.05) is 5.92 Å². The molecule has 148 valence electrons. The van der Waals surface area contributed by atoms with Crippen molar-refractivity contribution in [2.24, 2.45) is 5.92 Å². The topological polar surface area (TPSA) is 56.6 Å². The molecule has 2 aliphatic rings. The minimum absolute atomic E-state index is 0.285. The summed E-state index contributed by atoms with van der Waals surface area (Å²) >= 11 is 0. The van der Waals surface area contributed by atoms with Crippen LogP contribution in [-0.2, 0) is 9.47 Å². The van der Waals surface area contributed by atoms with E-state index in [2.05, 4.69) is 15.9 Å². The first-order valence-electron chi connectivity index (χ1n) is 10.2. The summed E-state index contributed by atoms with van der Waals surface area (Å²) in [7, 11) is 0. The number of ether oxygens (including phenoxy) is 2. The molecular formula is C21H31N3O3. The lowest BCUT2D eigenvalue weighted by Crippen LogP contribution is -2.40. The van der Waals surface area contributed by atoms with E-state index in [9.17, 15) is 4.79 Å². The minimum atomic E-state index is -0.285. The molecule has 0 amide bonds. The zero-order valence-corrected chi connectivity index (χ0v) is 16.3. The SMILES string of the molecule is C#CCOC1CCN(CC2CCC(n3cc(C(=O)OCC)cn3)CC2)CC1. The number of rotatable bonds is 7. The first kappa shape index (κ1) is 19.9.